The maximum Gasteiger partial charge on any atom is 0.422 e. The van der Waals surface area contributed by atoms with E-state index in [1.54, 1.807) is 18.2 Å². The van der Waals surface area contributed by atoms with Crippen LogP contribution in [0, 0.1) is 0 Å². The summed E-state index contributed by atoms with van der Waals surface area (Å²) in [5, 5.41) is 0.311. The first-order valence-corrected chi connectivity index (χ1v) is 7.10. The van der Waals surface area contributed by atoms with Gasteiger partial charge in [-0.2, -0.15) is 13.2 Å². The van der Waals surface area contributed by atoms with Crippen molar-refractivity contribution in [3.63, 3.8) is 0 Å². The fraction of sp³-hybridized carbons (Fsp3) is 0.188. The van der Waals surface area contributed by atoms with Crippen LogP contribution in [0.4, 0.5) is 13.2 Å². The fourth-order valence-electron chi connectivity index (χ4n) is 2.17. The monoisotopic (exact) mass is 341 g/mol. The molecule has 1 aromatic carbocycles. The summed E-state index contributed by atoms with van der Waals surface area (Å²) in [6.07, 6.45) is -0.625. The summed E-state index contributed by atoms with van der Waals surface area (Å²) in [6.45, 7) is -0.902. The van der Waals surface area contributed by atoms with Crippen LogP contribution in [-0.4, -0.2) is 24.4 Å². The van der Waals surface area contributed by atoms with Crippen molar-refractivity contribution in [3.8, 4) is 22.8 Å². The molecule has 0 spiro atoms. The molecule has 2 heterocycles. The Hall–Kier alpha value is -2.21. The Balaban J connectivity index is 1.88. The van der Waals surface area contributed by atoms with Gasteiger partial charge in [0.1, 0.15) is 23.2 Å². The van der Waals surface area contributed by atoms with Crippen molar-refractivity contribution in [3.05, 3.63) is 47.1 Å². The normalized spacial score (nSPS) is 13.4. The van der Waals surface area contributed by atoms with Gasteiger partial charge in [0.15, 0.2) is 12.4 Å². The van der Waals surface area contributed by atoms with Crippen molar-refractivity contribution < 1.29 is 22.6 Å². The summed E-state index contributed by atoms with van der Waals surface area (Å²) < 4.78 is 46.7. The first kappa shape index (κ1) is 15.7. The SMILES string of the molecule is FC(F)(F)COc1ccc(-c2nc(Cl)cc3c2OCC=C3)cc1. The molecule has 0 N–H and O–H groups in total. The van der Waals surface area contributed by atoms with Gasteiger partial charge in [0.05, 0.1) is 0 Å². The quantitative estimate of drug-likeness (QED) is 0.755. The summed E-state index contributed by atoms with van der Waals surface area (Å²) in [5.41, 5.74) is 2.03. The van der Waals surface area contributed by atoms with Crippen LogP contribution in [0.3, 0.4) is 0 Å². The summed E-state index contributed by atoms with van der Waals surface area (Å²) in [4.78, 5) is 4.26. The number of benzene rings is 1. The Morgan fingerprint density at radius 1 is 1.22 bits per heavy atom. The molecule has 0 unspecified atom stereocenters. The molecule has 120 valence electrons. The molecule has 0 saturated heterocycles. The predicted octanol–water partition coefficient (Wildman–Crippen LogP) is 4.75. The molecule has 0 bridgehead atoms. The Kier molecular flexibility index (Phi) is 4.17. The highest BCUT2D eigenvalue weighted by Gasteiger charge is 2.28. The standard InChI is InChI=1S/C16H11ClF3NO2/c17-13-8-11-2-1-7-22-15(11)14(21-13)10-3-5-12(6-4-10)23-9-16(18,19)20/h1-6,8H,7,9H2. The molecule has 1 aliphatic heterocycles. The summed E-state index contributed by atoms with van der Waals surface area (Å²) in [7, 11) is 0. The van der Waals surface area contributed by atoms with Gasteiger partial charge in [0.2, 0.25) is 0 Å². The van der Waals surface area contributed by atoms with Crippen LogP contribution in [-0.2, 0) is 0 Å². The minimum atomic E-state index is -4.37. The van der Waals surface area contributed by atoms with E-state index in [1.807, 2.05) is 12.2 Å². The van der Waals surface area contributed by atoms with Gasteiger partial charge in [-0.3, -0.25) is 0 Å². The van der Waals surface area contributed by atoms with Crippen LogP contribution < -0.4 is 9.47 Å². The predicted molar refractivity (Wildman–Crippen MR) is 80.8 cm³/mol. The molecular weight excluding hydrogens is 331 g/mol. The van der Waals surface area contributed by atoms with Gasteiger partial charge in [-0.05, 0) is 36.4 Å². The number of pyridine rings is 1. The zero-order valence-corrected chi connectivity index (χ0v) is 12.5. The second kappa shape index (κ2) is 6.12. The van der Waals surface area contributed by atoms with Crippen molar-refractivity contribution in [1.82, 2.24) is 4.98 Å². The number of rotatable bonds is 3. The van der Waals surface area contributed by atoms with E-state index in [9.17, 15) is 13.2 Å². The van der Waals surface area contributed by atoms with Crippen LogP contribution in [0.2, 0.25) is 5.15 Å². The van der Waals surface area contributed by atoms with Crippen molar-refractivity contribution in [2.24, 2.45) is 0 Å². The molecule has 0 atom stereocenters. The zero-order chi connectivity index (χ0) is 16.4. The Bertz CT molecular complexity index is 742. The van der Waals surface area contributed by atoms with E-state index in [-0.39, 0.29) is 5.75 Å². The van der Waals surface area contributed by atoms with Gasteiger partial charge in [-0.25, -0.2) is 4.98 Å². The highest BCUT2D eigenvalue weighted by Crippen LogP contribution is 2.36. The van der Waals surface area contributed by atoms with E-state index < -0.39 is 12.8 Å². The van der Waals surface area contributed by atoms with Crippen LogP contribution in [0.5, 0.6) is 11.5 Å². The minimum absolute atomic E-state index is 0.128. The first-order chi connectivity index (χ1) is 10.9. The molecule has 7 heteroatoms. The maximum absolute atomic E-state index is 12.1. The number of alkyl halides is 3. The number of fused-ring (bicyclic) bond motifs is 1. The third kappa shape index (κ3) is 3.76. The van der Waals surface area contributed by atoms with Crippen LogP contribution in [0.25, 0.3) is 17.3 Å². The molecule has 0 saturated carbocycles. The van der Waals surface area contributed by atoms with Crippen molar-refractivity contribution in [1.29, 1.82) is 0 Å². The summed E-state index contributed by atoms with van der Waals surface area (Å²) in [5.74, 6) is 0.726. The van der Waals surface area contributed by atoms with E-state index in [4.69, 9.17) is 16.3 Å². The molecule has 23 heavy (non-hydrogen) atoms. The first-order valence-electron chi connectivity index (χ1n) is 6.72. The molecule has 0 fully saturated rings. The molecule has 3 rings (SSSR count). The fourth-order valence-corrected chi connectivity index (χ4v) is 2.37. The van der Waals surface area contributed by atoms with Gasteiger partial charge in [0, 0.05) is 11.1 Å². The maximum atomic E-state index is 12.1. The number of ether oxygens (including phenoxy) is 2. The van der Waals surface area contributed by atoms with Crippen LogP contribution in [0.15, 0.2) is 36.4 Å². The van der Waals surface area contributed by atoms with Crippen molar-refractivity contribution in [2.75, 3.05) is 13.2 Å². The molecule has 0 radical (unpaired) electrons. The molecule has 1 aromatic heterocycles. The lowest BCUT2D eigenvalue weighted by Crippen LogP contribution is -2.19. The largest absolute Gasteiger partial charge is 0.487 e. The topological polar surface area (TPSA) is 31.4 Å². The zero-order valence-electron chi connectivity index (χ0n) is 11.7. The van der Waals surface area contributed by atoms with E-state index >= 15 is 0 Å². The Morgan fingerprint density at radius 2 is 1.96 bits per heavy atom. The van der Waals surface area contributed by atoms with Gasteiger partial charge < -0.3 is 9.47 Å². The van der Waals surface area contributed by atoms with Crippen LogP contribution >= 0.6 is 11.6 Å². The number of aromatic nitrogens is 1. The molecule has 2 aromatic rings. The lowest BCUT2D eigenvalue weighted by molar-refractivity contribution is -0.153. The number of hydrogen-bond donors (Lipinski definition) is 0. The molecular formula is C16H11ClF3NO2. The molecule has 3 nitrogen and oxygen atoms in total. The smallest absolute Gasteiger partial charge is 0.422 e. The second-order valence-corrected chi connectivity index (χ2v) is 5.24. The highest BCUT2D eigenvalue weighted by atomic mass is 35.5. The van der Waals surface area contributed by atoms with Gasteiger partial charge in [-0.15, -0.1) is 0 Å². The van der Waals surface area contributed by atoms with Crippen molar-refractivity contribution in [2.45, 2.75) is 6.18 Å². The van der Waals surface area contributed by atoms with Gasteiger partial charge in [0.25, 0.3) is 0 Å². The van der Waals surface area contributed by atoms with E-state index in [0.717, 1.165) is 5.56 Å². The van der Waals surface area contributed by atoms with E-state index in [0.29, 0.717) is 28.8 Å². The summed E-state index contributed by atoms with van der Waals surface area (Å²) >= 11 is 6.01. The second-order valence-electron chi connectivity index (χ2n) is 4.85. The van der Waals surface area contributed by atoms with E-state index in [2.05, 4.69) is 9.72 Å². The minimum Gasteiger partial charge on any atom is -0.487 e. The lowest BCUT2D eigenvalue weighted by atomic mass is 10.1. The molecule has 1 aliphatic rings. The van der Waals surface area contributed by atoms with Crippen molar-refractivity contribution >= 4 is 17.7 Å². The summed E-state index contributed by atoms with van der Waals surface area (Å²) in [6, 6.07) is 7.83. The molecule has 0 amide bonds. The van der Waals surface area contributed by atoms with Gasteiger partial charge >= 0.3 is 6.18 Å². The average molecular weight is 342 g/mol. The highest BCUT2D eigenvalue weighted by molar-refractivity contribution is 6.29. The number of halogens is 4. The third-order valence-electron chi connectivity index (χ3n) is 3.12. The third-order valence-corrected chi connectivity index (χ3v) is 3.32. The van der Waals surface area contributed by atoms with Gasteiger partial charge in [-0.1, -0.05) is 17.7 Å². The average Bonchev–Trinajstić information content (AvgIpc) is 2.52. The Morgan fingerprint density at radius 3 is 2.65 bits per heavy atom. The van der Waals surface area contributed by atoms with E-state index in [1.165, 1.54) is 12.1 Å². The number of nitrogens with zero attached hydrogens (tertiary/aromatic N) is 1. The Labute approximate surface area is 135 Å². The molecule has 0 aliphatic carbocycles. The van der Waals surface area contributed by atoms with Crippen LogP contribution in [0.1, 0.15) is 5.56 Å². The number of hydrogen-bond acceptors (Lipinski definition) is 3. The lowest BCUT2D eigenvalue weighted by Gasteiger charge is -2.16.